The fraction of sp³-hybridized carbons (Fsp3) is 0.316. The molecule has 0 bridgehead atoms. The van der Waals surface area contributed by atoms with Gasteiger partial charge in [0.05, 0.1) is 24.8 Å². The monoisotopic (exact) mass is 397 g/mol. The van der Waals surface area contributed by atoms with E-state index in [4.69, 9.17) is 10.5 Å². The molecule has 142 valence electrons. The number of benzene rings is 2. The van der Waals surface area contributed by atoms with Gasteiger partial charge in [-0.05, 0) is 17.7 Å². The Labute approximate surface area is 166 Å². The molecule has 3 rings (SSSR count). The number of morpholine rings is 1. The number of anilines is 1. The number of carbonyl (C=O) groups is 1. The highest BCUT2D eigenvalue weighted by Crippen LogP contribution is 2.21. The molecule has 0 aliphatic carbocycles. The van der Waals surface area contributed by atoms with E-state index in [-0.39, 0.29) is 36.8 Å². The maximum Gasteiger partial charge on any atom is 0.253 e. The third kappa shape index (κ3) is 5.61. The molecule has 0 spiro atoms. The van der Waals surface area contributed by atoms with E-state index in [2.05, 4.69) is 22.3 Å². The topological polar surface area (TPSA) is 67.6 Å². The highest BCUT2D eigenvalue weighted by molar-refractivity contribution is 5.99. The number of halogens is 2. The van der Waals surface area contributed by atoms with Crippen LogP contribution in [0.2, 0.25) is 0 Å². The minimum Gasteiger partial charge on any atom is -0.398 e. The summed E-state index contributed by atoms with van der Waals surface area (Å²) in [6.45, 7) is 3.72. The zero-order chi connectivity index (χ0) is 16.8. The average molecular weight is 398 g/mol. The van der Waals surface area contributed by atoms with Gasteiger partial charge in [-0.15, -0.1) is 24.8 Å². The van der Waals surface area contributed by atoms with Crippen LogP contribution in [0.15, 0.2) is 54.6 Å². The summed E-state index contributed by atoms with van der Waals surface area (Å²) in [5.74, 6) is -0.137. The number of rotatable bonds is 5. The molecule has 0 saturated carbocycles. The number of nitrogen functional groups attached to an aromatic ring is 1. The van der Waals surface area contributed by atoms with Crippen LogP contribution in [-0.4, -0.2) is 43.7 Å². The first kappa shape index (κ1) is 22.3. The van der Waals surface area contributed by atoms with Gasteiger partial charge in [-0.25, -0.2) is 0 Å². The first-order valence-corrected chi connectivity index (χ1v) is 8.25. The Morgan fingerprint density at radius 2 is 1.65 bits per heavy atom. The van der Waals surface area contributed by atoms with Crippen LogP contribution in [0.1, 0.15) is 22.0 Å². The Hall–Kier alpha value is -1.79. The van der Waals surface area contributed by atoms with Crippen molar-refractivity contribution >= 4 is 36.4 Å². The molecule has 0 radical (unpaired) electrons. The summed E-state index contributed by atoms with van der Waals surface area (Å²) in [5.41, 5.74) is 8.11. The molecule has 1 saturated heterocycles. The SMILES string of the molecule is Cl.Cl.Nc1ccccc1C(=O)NCC(c1ccccc1)N1CCOCC1. The number of nitrogens with zero attached hydrogens (tertiary/aromatic N) is 1. The number of ether oxygens (including phenoxy) is 1. The second kappa shape index (κ2) is 11.0. The van der Waals surface area contributed by atoms with Crippen LogP contribution in [0.25, 0.3) is 0 Å². The van der Waals surface area contributed by atoms with Gasteiger partial charge < -0.3 is 15.8 Å². The van der Waals surface area contributed by atoms with E-state index in [0.29, 0.717) is 17.8 Å². The van der Waals surface area contributed by atoms with Crippen LogP contribution in [0, 0.1) is 0 Å². The second-order valence-electron chi connectivity index (χ2n) is 5.87. The number of carbonyl (C=O) groups excluding carboxylic acids is 1. The van der Waals surface area contributed by atoms with Gasteiger partial charge in [-0.3, -0.25) is 9.69 Å². The maximum atomic E-state index is 12.4. The van der Waals surface area contributed by atoms with E-state index >= 15 is 0 Å². The molecule has 26 heavy (non-hydrogen) atoms. The normalized spacial score (nSPS) is 15.2. The molecule has 2 aromatic rings. The van der Waals surface area contributed by atoms with Crippen molar-refractivity contribution in [3.8, 4) is 0 Å². The van der Waals surface area contributed by atoms with Gasteiger partial charge in [-0.1, -0.05) is 42.5 Å². The highest BCUT2D eigenvalue weighted by atomic mass is 35.5. The van der Waals surface area contributed by atoms with Crippen LogP contribution < -0.4 is 11.1 Å². The molecular weight excluding hydrogens is 373 g/mol. The van der Waals surface area contributed by atoms with E-state index in [0.717, 1.165) is 26.3 Å². The lowest BCUT2D eigenvalue weighted by molar-refractivity contribution is 0.0162. The van der Waals surface area contributed by atoms with E-state index in [1.54, 1.807) is 12.1 Å². The third-order valence-corrected chi connectivity index (χ3v) is 4.33. The van der Waals surface area contributed by atoms with Gasteiger partial charge in [0, 0.05) is 25.3 Å². The Bertz CT molecular complexity index is 679. The summed E-state index contributed by atoms with van der Waals surface area (Å²) in [6, 6.07) is 17.5. The number of para-hydroxylation sites is 1. The van der Waals surface area contributed by atoms with Crippen molar-refractivity contribution in [3.63, 3.8) is 0 Å². The fourth-order valence-electron chi connectivity index (χ4n) is 3.01. The summed E-state index contributed by atoms with van der Waals surface area (Å²) >= 11 is 0. The molecule has 1 amide bonds. The first-order valence-electron chi connectivity index (χ1n) is 8.25. The van der Waals surface area contributed by atoms with Gasteiger partial charge in [0.1, 0.15) is 0 Å². The van der Waals surface area contributed by atoms with E-state index < -0.39 is 0 Å². The van der Waals surface area contributed by atoms with Crippen molar-refractivity contribution in [1.29, 1.82) is 0 Å². The fourth-order valence-corrected chi connectivity index (χ4v) is 3.01. The van der Waals surface area contributed by atoms with Crippen LogP contribution in [0.5, 0.6) is 0 Å². The molecule has 1 unspecified atom stereocenters. The van der Waals surface area contributed by atoms with Gasteiger partial charge >= 0.3 is 0 Å². The minimum atomic E-state index is -0.137. The largest absolute Gasteiger partial charge is 0.398 e. The molecule has 0 aromatic heterocycles. The number of nitrogens with two attached hydrogens (primary N) is 1. The lowest BCUT2D eigenvalue weighted by Crippen LogP contribution is -2.43. The zero-order valence-electron chi connectivity index (χ0n) is 14.5. The molecule has 1 atom stereocenters. The Morgan fingerprint density at radius 3 is 2.31 bits per heavy atom. The highest BCUT2D eigenvalue weighted by Gasteiger charge is 2.23. The van der Waals surface area contributed by atoms with Crippen LogP contribution in [0.4, 0.5) is 5.69 Å². The molecule has 3 N–H and O–H groups in total. The summed E-state index contributed by atoms with van der Waals surface area (Å²) < 4.78 is 5.45. The number of hydrogen-bond acceptors (Lipinski definition) is 4. The van der Waals surface area contributed by atoms with Crippen molar-refractivity contribution in [3.05, 3.63) is 65.7 Å². The average Bonchev–Trinajstić information content (AvgIpc) is 2.64. The van der Waals surface area contributed by atoms with Gasteiger partial charge in [-0.2, -0.15) is 0 Å². The standard InChI is InChI=1S/C19H23N3O2.2ClH/c20-17-9-5-4-8-16(17)19(23)21-14-18(15-6-2-1-3-7-15)22-10-12-24-13-11-22;;/h1-9,18H,10-14,20H2,(H,21,23);2*1H. The van der Waals surface area contributed by atoms with Crippen molar-refractivity contribution in [2.75, 3.05) is 38.6 Å². The summed E-state index contributed by atoms with van der Waals surface area (Å²) in [4.78, 5) is 14.8. The molecular formula is C19H25Cl2N3O2. The van der Waals surface area contributed by atoms with E-state index in [9.17, 15) is 4.79 Å². The van der Waals surface area contributed by atoms with Gasteiger partial charge in [0.15, 0.2) is 0 Å². The van der Waals surface area contributed by atoms with Gasteiger partial charge in [0.25, 0.3) is 5.91 Å². The van der Waals surface area contributed by atoms with Gasteiger partial charge in [0.2, 0.25) is 0 Å². The van der Waals surface area contributed by atoms with Crippen molar-refractivity contribution in [1.82, 2.24) is 10.2 Å². The van der Waals surface area contributed by atoms with Crippen molar-refractivity contribution in [2.45, 2.75) is 6.04 Å². The zero-order valence-corrected chi connectivity index (χ0v) is 16.1. The molecule has 5 nitrogen and oxygen atoms in total. The third-order valence-electron chi connectivity index (χ3n) is 4.33. The quantitative estimate of drug-likeness (QED) is 0.761. The maximum absolute atomic E-state index is 12.4. The summed E-state index contributed by atoms with van der Waals surface area (Å²) in [6.07, 6.45) is 0. The molecule has 1 aliphatic heterocycles. The van der Waals surface area contributed by atoms with E-state index in [1.165, 1.54) is 5.56 Å². The molecule has 7 heteroatoms. The number of nitrogens with one attached hydrogen (secondary N) is 1. The Kier molecular flexibility index (Phi) is 9.44. The Morgan fingerprint density at radius 1 is 1.04 bits per heavy atom. The van der Waals surface area contributed by atoms with Crippen LogP contribution in [-0.2, 0) is 4.74 Å². The molecule has 1 aliphatic rings. The lowest BCUT2D eigenvalue weighted by Gasteiger charge is -2.35. The van der Waals surface area contributed by atoms with E-state index in [1.807, 2.05) is 30.3 Å². The number of hydrogen-bond donors (Lipinski definition) is 2. The smallest absolute Gasteiger partial charge is 0.253 e. The van der Waals surface area contributed by atoms with Crippen LogP contribution >= 0.6 is 24.8 Å². The van der Waals surface area contributed by atoms with Crippen molar-refractivity contribution < 1.29 is 9.53 Å². The van der Waals surface area contributed by atoms with Crippen molar-refractivity contribution in [2.24, 2.45) is 0 Å². The lowest BCUT2D eigenvalue weighted by atomic mass is 10.0. The minimum absolute atomic E-state index is 0. The predicted octanol–water partition coefficient (Wildman–Crippen LogP) is 2.92. The molecule has 1 fully saturated rings. The summed E-state index contributed by atoms with van der Waals surface area (Å²) in [7, 11) is 0. The summed E-state index contributed by atoms with van der Waals surface area (Å²) in [5, 5.41) is 3.03. The second-order valence-corrected chi connectivity index (χ2v) is 5.87. The first-order chi connectivity index (χ1) is 11.8. The molecule has 1 heterocycles. The number of amides is 1. The van der Waals surface area contributed by atoms with Crippen LogP contribution in [0.3, 0.4) is 0 Å². The molecule has 2 aromatic carbocycles. The predicted molar refractivity (Wildman–Crippen MR) is 109 cm³/mol. The Balaban J connectivity index is 0.00000169.